The Balaban J connectivity index is 1.97. The fourth-order valence-electron chi connectivity index (χ4n) is 3.35. The molecule has 0 heterocycles. The maximum absolute atomic E-state index is 5.63. The summed E-state index contributed by atoms with van der Waals surface area (Å²) in [4.78, 5) is 0. The summed E-state index contributed by atoms with van der Waals surface area (Å²) >= 11 is -2.63. The Labute approximate surface area is 176 Å². The van der Waals surface area contributed by atoms with Crippen LogP contribution in [0.15, 0.2) is 72.8 Å². The van der Waals surface area contributed by atoms with Gasteiger partial charge >= 0.3 is 177 Å². The van der Waals surface area contributed by atoms with E-state index < -0.39 is 22.7 Å². The first-order valence-corrected chi connectivity index (χ1v) is 16.7. The number of hydrogen-bond acceptors (Lipinski definition) is 3. The molecule has 0 fully saturated rings. The van der Waals surface area contributed by atoms with Crippen molar-refractivity contribution in [2.75, 3.05) is 19.8 Å². The predicted molar refractivity (Wildman–Crippen MR) is 119 cm³/mol. The number of benzene rings is 3. The Morgan fingerprint density at radius 2 is 0.714 bits per heavy atom. The molecule has 0 atom stereocenters. The zero-order valence-corrected chi connectivity index (χ0v) is 21.3. The zero-order valence-electron chi connectivity index (χ0n) is 16.9. The van der Waals surface area contributed by atoms with Crippen molar-refractivity contribution in [2.24, 2.45) is 0 Å². The first-order chi connectivity index (χ1) is 13.7. The van der Waals surface area contributed by atoms with Gasteiger partial charge in [0.2, 0.25) is 0 Å². The van der Waals surface area contributed by atoms with E-state index in [1.54, 1.807) is 0 Å². The zero-order chi connectivity index (χ0) is 19.8. The number of ether oxygens (including phenoxy) is 3. The molecular formula is C24H28O3Pb. The van der Waals surface area contributed by atoms with Crippen LogP contribution in [0.3, 0.4) is 0 Å². The molecule has 3 nitrogen and oxygen atoms in total. The summed E-state index contributed by atoms with van der Waals surface area (Å²) in [6, 6.07) is 26.0. The summed E-state index contributed by atoms with van der Waals surface area (Å²) in [5, 5.41) is 0. The molecule has 3 rings (SSSR count). The molecule has 3 aromatic carbocycles. The van der Waals surface area contributed by atoms with Crippen LogP contribution in [-0.2, 0) is 0 Å². The van der Waals surface area contributed by atoms with Gasteiger partial charge in [0, 0.05) is 0 Å². The summed E-state index contributed by atoms with van der Waals surface area (Å²) < 4.78 is 21.2. The maximum atomic E-state index is 5.63. The Bertz CT molecular complexity index is 725. The van der Waals surface area contributed by atoms with Crippen molar-refractivity contribution in [3.8, 4) is 17.2 Å². The topological polar surface area (TPSA) is 27.7 Å². The van der Waals surface area contributed by atoms with E-state index in [0.717, 1.165) is 17.2 Å². The van der Waals surface area contributed by atoms with Crippen LogP contribution in [0.4, 0.5) is 0 Å². The average molecular weight is 572 g/mol. The van der Waals surface area contributed by atoms with Crippen molar-refractivity contribution in [3.05, 3.63) is 72.8 Å². The summed E-state index contributed by atoms with van der Waals surface area (Å²) in [6.45, 7) is 8.09. The van der Waals surface area contributed by atoms with Crippen LogP contribution >= 0.6 is 0 Å². The summed E-state index contributed by atoms with van der Waals surface area (Å²) in [7, 11) is 0. The fraction of sp³-hybridized carbons (Fsp3) is 0.250. The molecule has 0 radical (unpaired) electrons. The molecule has 0 aromatic heterocycles. The van der Waals surface area contributed by atoms with Gasteiger partial charge in [-0.1, -0.05) is 0 Å². The van der Waals surface area contributed by atoms with Crippen LogP contribution < -0.4 is 23.6 Å². The van der Waals surface area contributed by atoms with Gasteiger partial charge in [-0.05, 0) is 0 Å². The molecule has 0 saturated carbocycles. The summed E-state index contributed by atoms with van der Waals surface area (Å²) in [6.07, 6.45) is 0. The molecule has 0 aliphatic rings. The Hall–Kier alpha value is -2.02. The van der Waals surface area contributed by atoms with Gasteiger partial charge in [0.05, 0.1) is 0 Å². The molecule has 0 unspecified atom stereocenters. The molecule has 0 bridgehead atoms. The normalized spacial score (nSPS) is 10.7. The van der Waals surface area contributed by atoms with Crippen LogP contribution in [0, 0.1) is 0 Å². The van der Waals surface area contributed by atoms with E-state index in [4.69, 9.17) is 14.2 Å². The van der Waals surface area contributed by atoms with Crippen LogP contribution in [0.5, 0.6) is 17.2 Å². The van der Waals surface area contributed by atoms with Crippen LogP contribution in [0.1, 0.15) is 20.8 Å². The number of hydrogen-bond donors (Lipinski definition) is 0. The van der Waals surface area contributed by atoms with Crippen LogP contribution in [0.2, 0.25) is 0 Å². The third kappa shape index (κ3) is 5.28. The molecule has 0 saturated heterocycles. The second kappa shape index (κ2) is 10.5. The van der Waals surface area contributed by atoms with E-state index in [2.05, 4.69) is 72.8 Å². The van der Waals surface area contributed by atoms with Crippen molar-refractivity contribution < 1.29 is 14.2 Å². The van der Waals surface area contributed by atoms with Gasteiger partial charge in [-0.15, -0.1) is 0 Å². The molecule has 0 aliphatic heterocycles. The fourth-order valence-corrected chi connectivity index (χ4v) is 14.6. The third-order valence-corrected chi connectivity index (χ3v) is 16.8. The minimum absolute atomic E-state index is 0.685. The van der Waals surface area contributed by atoms with E-state index in [1.807, 2.05) is 20.8 Å². The Morgan fingerprint density at radius 1 is 0.464 bits per heavy atom. The third-order valence-electron chi connectivity index (χ3n) is 4.57. The van der Waals surface area contributed by atoms with E-state index in [9.17, 15) is 0 Å². The Kier molecular flexibility index (Phi) is 7.77. The van der Waals surface area contributed by atoms with E-state index in [-0.39, 0.29) is 0 Å². The van der Waals surface area contributed by atoms with Gasteiger partial charge in [0.25, 0.3) is 0 Å². The molecule has 4 heteroatoms. The summed E-state index contributed by atoms with van der Waals surface area (Å²) in [5.74, 6) is 2.78. The van der Waals surface area contributed by atoms with Gasteiger partial charge in [0.1, 0.15) is 0 Å². The molecule has 0 amide bonds. The van der Waals surface area contributed by atoms with Crippen LogP contribution in [0.25, 0.3) is 0 Å². The van der Waals surface area contributed by atoms with Crippen molar-refractivity contribution >= 4 is 32.1 Å². The molecule has 28 heavy (non-hydrogen) atoms. The molecule has 0 N–H and O–H groups in total. The standard InChI is InChI=1S/3C8H9O.Pb.H/c3*1-2-9-8-6-4-3-5-7-8;;/h3*4-7H,2H2,1H3;;. The molecular weight excluding hydrogens is 543 g/mol. The van der Waals surface area contributed by atoms with Gasteiger partial charge < -0.3 is 0 Å². The van der Waals surface area contributed by atoms with Crippen molar-refractivity contribution in [3.63, 3.8) is 0 Å². The van der Waals surface area contributed by atoms with Crippen molar-refractivity contribution in [1.29, 1.82) is 0 Å². The monoisotopic (exact) mass is 572 g/mol. The van der Waals surface area contributed by atoms with E-state index in [0.29, 0.717) is 19.8 Å². The van der Waals surface area contributed by atoms with Crippen LogP contribution in [-0.4, -0.2) is 42.5 Å². The van der Waals surface area contributed by atoms with E-state index >= 15 is 0 Å². The minimum atomic E-state index is -2.63. The van der Waals surface area contributed by atoms with Gasteiger partial charge in [-0.2, -0.15) is 0 Å². The van der Waals surface area contributed by atoms with Crippen molar-refractivity contribution in [1.82, 2.24) is 0 Å². The summed E-state index contributed by atoms with van der Waals surface area (Å²) in [5.41, 5.74) is 0. The van der Waals surface area contributed by atoms with Gasteiger partial charge in [-0.25, -0.2) is 0 Å². The predicted octanol–water partition coefficient (Wildman–Crippen LogP) is 3.13. The second-order valence-corrected chi connectivity index (χ2v) is 17.6. The van der Waals surface area contributed by atoms with Gasteiger partial charge in [-0.3, -0.25) is 0 Å². The first-order valence-electron chi connectivity index (χ1n) is 9.93. The quantitative estimate of drug-likeness (QED) is 0.370. The molecule has 0 spiro atoms. The SMILES string of the molecule is CCOc1cc[c]([PbH]([c]2ccc(OCC)cc2)[c]2ccc(OCC)cc2)cc1. The second-order valence-electron chi connectivity index (χ2n) is 6.44. The van der Waals surface area contributed by atoms with Crippen molar-refractivity contribution in [2.45, 2.75) is 20.8 Å². The first kappa shape index (κ1) is 20.7. The Morgan fingerprint density at radius 3 is 0.929 bits per heavy atom. The number of rotatable bonds is 9. The average Bonchev–Trinajstić information content (AvgIpc) is 2.73. The molecule has 3 aromatic rings. The molecule has 146 valence electrons. The molecule has 0 aliphatic carbocycles. The van der Waals surface area contributed by atoms with E-state index in [1.165, 1.54) is 9.37 Å². The van der Waals surface area contributed by atoms with Gasteiger partial charge in [0.15, 0.2) is 0 Å².